The van der Waals surface area contributed by atoms with Gasteiger partial charge in [0, 0.05) is 23.5 Å². The topological polar surface area (TPSA) is 17.1 Å². The van der Waals surface area contributed by atoms with Crippen LogP contribution in [-0.2, 0) is 4.79 Å². The third kappa shape index (κ3) is 3.38. The third-order valence-corrected chi connectivity index (χ3v) is 4.06. The average Bonchev–Trinajstić information content (AvgIpc) is 2.28. The van der Waals surface area contributed by atoms with Gasteiger partial charge in [-0.3, -0.25) is 4.79 Å². The fourth-order valence-corrected chi connectivity index (χ4v) is 3.05. The lowest BCUT2D eigenvalue weighted by molar-refractivity contribution is -0.121. The van der Waals surface area contributed by atoms with Crippen LogP contribution in [0.25, 0.3) is 0 Å². The van der Waals surface area contributed by atoms with Crippen LogP contribution in [0.4, 0.5) is 0 Å². The zero-order valence-corrected chi connectivity index (χ0v) is 9.63. The Labute approximate surface area is 95.3 Å². The van der Waals surface area contributed by atoms with Crippen LogP contribution in [0.5, 0.6) is 0 Å². The van der Waals surface area contributed by atoms with Gasteiger partial charge in [-0.05, 0) is 30.9 Å². The molecular formula is C13H16OS. The first-order chi connectivity index (χ1) is 7.34. The van der Waals surface area contributed by atoms with E-state index in [1.165, 1.54) is 11.3 Å². The summed E-state index contributed by atoms with van der Waals surface area (Å²) in [6.45, 7) is 0. The Morgan fingerprint density at radius 3 is 2.80 bits per heavy atom. The van der Waals surface area contributed by atoms with Crippen LogP contribution in [0.3, 0.4) is 0 Å². The number of carbonyl (C=O) groups excluding carboxylic acids is 1. The highest BCUT2D eigenvalue weighted by atomic mass is 32.2. The highest BCUT2D eigenvalue weighted by Crippen LogP contribution is 2.28. The Hall–Kier alpha value is -0.760. The molecule has 0 bridgehead atoms. The molecule has 1 atom stereocenters. The van der Waals surface area contributed by atoms with Gasteiger partial charge < -0.3 is 0 Å². The number of thioether (sulfide) groups is 1. The molecule has 15 heavy (non-hydrogen) atoms. The predicted octanol–water partition coefficient (Wildman–Crippen LogP) is 3.54. The van der Waals surface area contributed by atoms with E-state index in [4.69, 9.17) is 0 Å². The summed E-state index contributed by atoms with van der Waals surface area (Å²) in [4.78, 5) is 12.6. The second-order valence-corrected chi connectivity index (χ2v) is 5.22. The number of benzene rings is 1. The third-order valence-electron chi connectivity index (χ3n) is 2.81. The number of hydrogen-bond donors (Lipinski definition) is 0. The molecule has 1 aliphatic rings. The molecule has 1 aromatic rings. The van der Waals surface area contributed by atoms with Crippen LogP contribution >= 0.6 is 11.8 Å². The number of Topliss-reactive ketones (excluding diaryl/α,β-unsaturated/α-hetero) is 1. The molecule has 1 unspecified atom stereocenters. The molecule has 1 aliphatic carbocycles. The maximum absolute atomic E-state index is 11.3. The quantitative estimate of drug-likeness (QED) is 0.725. The monoisotopic (exact) mass is 220 g/mol. The van der Waals surface area contributed by atoms with Gasteiger partial charge in [-0.25, -0.2) is 0 Å². The molecule has 1 nitrogen and oxygen atoms in total. The van der Waals surface area contributed by atoms with Crippen LogP contribution in [0.2, 0.25) is 0 Å². The van der Waals surface area contributed by atoms with Gasteiger partial charge in [-0.1, -0.05) is 18.2 Å². The fraction of sp³-hybridized carbons (Fsp3) is 0.462. The molecule has 0 heterocycles. The number of hydrogen-bond acceptors (Lipinski definition) is 2. The molecule has 0 N–H and O–H groups in total. The highest BCUT2D eigenvalue weighted by molar-refractivity contribution is 7.99. The van der Waals surface area contributed by atoms with Crippen molar-refractivity contribution < 1.29 is 4.79 Å². The Bertz CT molecular complexity index is 321. The zero-order chi connectivity index (χ0) is 10.5. The fourth-order valence-electron chi connectivity index (χ4n) is 1.99. The Balaban J connectivity index is 1.80. The summed E-state index contributed by atoms with van der Waals surface area (Å²) < 4.78 is 0. The molecule has 0 radical (unpaired) electrons. The smallest absolute Gasteiger partial charge is 0.133 e. The molecule has 0 saturated heterocycles. The number of ketones is 1. The molecular weight excluding hydrogens is 204 g/mol. The molecule has 0 amide bonds. The Morgan fingerprint density at radius 2 is 2.07 bits per heavy atom. The van der Waals surface area contributed by atoms with Crippen molar-refractivity contribution in [3.8, 4) is 0 Å². The zero-order valence-electron chi connectivity index (χ0n) is 8.82. The van der Waals surface area contributed by atoms with Crippen LogP contribution < -0.4 is 0 Å². The summed E-state index contributed by atoms with van der Waals surface area (Å²) in [5, 5.41) is 0. The largest absolute Gasteiger partial charge is 0.300 e. The first-order valence-corrected chi connectivity index (χ1v) is 6.53. The average molecular weight is 220 g/mol. The van der Waals surface area contributed by atoms with E-state index in [0.29, 0.717) is 11.7 Å². The lowest BCUT2D eigenvalue weighted by atomic mass is 9.90. The minimum absolute atomic E-state index is 0.458. The molecule has 1 fully saturated rings. The van der Waals surface area contributed by atoms with Crippen molar-refractivity contribution in [1.29, 1.82) is 0 Å². The first-order valence-electron chi connectivity index (χ1n) is 5.54. The van der Waals surface area contributed by atoms with Gasteiger partial charge in [0.15, 0.2) is 0 Å². The maximum atomic E-state index is 11.3. The molecule has 0 aromatic heterocycles. The van der Waals surface area contributed by atoms with Crippen molar-refractivity contribution in [3.63, 3.8) is 0 Å². The van der Waals surface area contributed by atoms with Crippen molar-refractivity contribution in [1.82, 2.24) is 0 Å². The van der Waals surface area contributed by atoms with Crippen molar-refractivity contribution in [2.45, 2.75) is 30.6 Å². The van der Waals surface area contributed by atoms with Gasteiger partial charge in [0.05, 0.1) is 0 Å². The van der Waals surface area contributed by atoms with Gasteiger partial charge in [0.25, 0.3) is 0 Å². The van der Waals surface area contributed by atoms with Crippen LogP contribution in [0.15, 0.2) is 35.2 Å². The van der Waals surface area contributed by atoms with E-state index >= 15 is 0 Å². The van der Waals surface area contributed by atoms with E-state index in [1.807, 2.05) is 17.8 Å². The normalized spacial score (nSPS) is 21.6. The predicted molar refractivity (Wildman–Crippen MR) is 64.1 cm³/mol. The summed E-state index contributed by atoms with van der Waals surface area (Å²) >= 11 is 1.88. The van der Waals surface area contributed by atoms with Crippen molar-refractivity contribution in [3.05, 3.63) is 30.3 Å². The number of rotatable bonds is 3. The summed E-state index contributed by atoms with van der Waals surface area (Å²) in [5.74, 6) is 2.16. The van der Waals surface area contributed by atoms with Gasteiger partial charge in [0.1, 0.15) is 5.78 Å². The van der Waals surface area contributed by atoms with E-state index in [2.05, 4.69) is 24.3 Å². The van der Waals surface area contributed by atoms with Gasteiger partial charge in [-0.2, -0.15) is 0 Å². The second kappa shape index (κ2) is 5.36. The van der Waals surface area contributed by atoms with Gasteiger partial charge in [0.2, 0.25) is 0 Å². The maximum Gasteiger partial charge on any atom is 0.133 e. The van der Waals surface area contributed by atoms with E-state index in [1.54, 1.807) is 0 Å². The molecule has 2 rings (SSSR count). The molecule has 0 spiro atoms. The van der Waals surface area contributed by atoms with E-state index in [9.17, 15) is 4.79 Å². The first kappa shape index (κ1) is 10.7. The Kier molecular flexibility index (Phi) is 3.84. The van der Waals surface area contributed by atoms with Crippen LogP contribution in [-0.4, -0.2) is 11.5 Å². The van der Waals surface area contributed by atoms with E-state index in [-0.39, 0.29) is 0 Å². The molecule has 80 valence electrons. The van der Waals surface area contributed by atoms with Crippen molar-refractivity contribution >= 4 is 17.5 Å². The summed E-state index contributed by atoms with van der Waals surface area (Å²) in [7, 11) is 0. The van der Waals surface area contributed by atoms with Crippen LogP contribution in [0.1, 0.15) is 25.7 Å². The molecule has 2 heteroatoms. The highest BCUT2D eigenvalue weighted by Gasteiger charge is 2.19. The Morgan fingerprint density at radius 1 is 1.27 bits per heavy atom. The molecule has 1 aromatic carbocycles. The van der Waals surface area contributed by atoms with E-state index < -0.39 is 0 Å². The minimum atomic E-state index is 0.458. The molecule has 0 aliphatic heterocycles. The van der Waals surface area contributed by atoms with Gasteiger partial charge in [-0.15, -0.1) is 11.8 Å². The lowest BCUT2D eigenvalue weighted by Crippen LogP contribution is -2.16. The van der Waals surface area contributed by atoms with Crippen LogP contribution in [0, 0.1) is 5.92 Å². The minimum Gasteiger partial charge on any atom is -0.300 e. The SMILES string of the molecule is O=C1CCCC(CSc2ccccc2)C1. The van der Waals surface area contributed by atoms with Gasteiger partial charge >= 0.3 is 0 Å². The summed E-state index contributed by atoms with van der Waals surface area (Å²) in [6, 6.07) is 10.4. The summed E-state index contributed by atoms with van der Waals surface area (Å²) in [6.07, 6.45) is 3.94. The second-order valence-electron chi connectivity index (χ2n) is 4.13. The van der Waals surface area contributed by atoms with E-state index in [0.717, 1.165) is 25.0 Å². The standard InChI is InChI=1S/C13H16OS/c14-12-6-4-5-11(9-12)10-15-13-7-2-1-3-8-13/h1-3,7-8,11H,4-6,9-10H2. The summed E-state index contributed by atoms with van der Waals surface area (Å²) in [5.41, 5.74) is 0. The number of carbonyl (C=O) groups is 1. The van der Waals surface area contributed by atoms with Crippen molar-refractivity contribution in [2.75, 3.05) is 5.75 Å². The van der Waals surface area contributed by atoms with Crippen molar-refractivity contribution in [2.24, 2.45) is 5.92 Å². The molecule has 1 saturated carbocycles. The lowest BCUT2D eigenvalue weighted by Gasteiger charge is -2.20.